The standard InChI is InChI=1S/C14H23NO3/c1-10-3-5-11(6-4-10)15-8-7-13(16)12(9-15)14(17)18-2/h10-12H,3-9H2,1-2H3. The van der Waals surface area contributed by atoms with Gasteiger partial charge < -0.3 is 4.74 Å². The topological polar surface area (TPSA) is 46.6 Å². The lowest BCUT2D eigenvalue weighted by Gasteiger charge is -2.39. The van der Waals surface area contributed by atoms with E-state index in [1.165, 1.54) is 32.8 Å². The Kier molecular flexibility index (Phi) is 4.38. The van der Waals surface area contributed by atoms with Crippen LogP contribution in [0.3, 0.4) is 0 Å². The third-order valence-electron chi connectivity index (χ3n) is 4.44. The molecule has 1 atom stereocenters. The number of hydrogen-bond acceptors (Lipinski definition) is 4. The first kappa shape index (κ1) is 13.5. The van der Waals surface area contributed by atoms with Crippen LogP contribution in [0.15, 0.2) is 0 Å². The molecule has 1 heterocycles. The molecule has 0 N–H and O–H groups in total. The minimum absolute atomic E-state index is 0.0438. The first-order valence-electron chi connectivity index (χ1n) is 6.96. The van der Waals surface area contributed by atoms with Crippen LogP contribution in [0.2, 0.25) is 0 Å². The zero-order chi connectivity index (χ0) is 13.1. The fourth-order valence-electron chi connectivity index (χ4n) is 3.14. The Hall–Kier alpha value is -0.900. The molecule has 1 unspecified atom stereocenters. The Balaban J connectivity index is 1.94. The number of piperidine rings is 1. The molecular formula is C14H23NO3. The summed E-state index contributed by atoms with van der Waals surface area (Å²) in [6, 6.07) is 0.557. The molecule has 0 aromatic carbocycles. The summed E-state index contributed by atoms with van der Waals surface area (Å²) in [6.07, 6.45) is 5.41. The lowest BCUT2D eigenvalue weighted by atomic mass is 9.85. The lowest BCUT2D eigenvalue weighted by molar-refractivity contribution is -0.152. The number of ether oxygens (including phenoxy) is 1. The van der Waals surface area contributed by atoms with Gasteiger partial charge >= 0.3 is 5.97 Å². The van der Waals surface area contributed by atoms with E-state index in [0.29, 0.717) is 19.0 Å². The summed E-state index contributed by atoms with van der Waals surface area (Å²) in [4.78, 5) is 25.7. The van der Waals surface area contributed by atoms with Crippen molar-refractivity contribution in [3.05, 3.63) is 0 Å². The molecule has 4 heteroatoms. The Morgan fingerprint density at radius 2 is 1.94 bits per heavy atom. The molecule has 2 aliphatic rings. The molecule has 0 bridgehead atoms. The van der Waals surface area contributed by atoms with E-state index in [4.69, 9.17) is 4.74 Å². The van der Waals surface area contributed by atoms with Crippen LogP contribution in [-0.2, 0) is 14.3 Å². The van der Waals surface area contributed by atoms with Crippen LogP contribution in [0.5, 0.6) is 0 Å². The molecule has 1 aliphatic carbocycles. The van der Waals surface area contributed by atoms with Crippen molar-refractivity contribution in [2.45, 2.75) is 45.1 Å². The lowest BCUT2D eigenvalue weighted by Crippen LogP contribution is -2.49. The molecule has 0 aromatic rings. The number of carbonyl (C=O) groups is 2. The number of carbonyl (C=O) groups excluding carboxylic acids is 2. The number of esters is 1. The normalized spacial score (nSPS) is 34.3. The van der Waals surface area contributed by atoms with E-state index < -0.39 is 5.92 Å². The van der Waals surface area contributed by atoms with Crippen LogP contribution < -0.4 is 0 Å². The second kappa shape index (κ2) is 5.83. The number of rotatable bonds is 2. The molecule has 2 fully saturated rings. The molecule has 2 rings (SSSR count). The first-order chi connectivity index (χ1) is 8.61. The summed E-state index contributed by atoms with van der Waals surface area (Å²) >= 11 is 0. The van der Waals surface area contributed by atoms with E-state index in [0.717, 1.165) is 12.5 Å². The van der Waals surface area contributed by atoms with E-state index in [-0.39, 0.29) is 11.8 Å². The predicted molar refractivity (Wildman–Crippen MR) is 68.1 cm³/mol. The number of ketones is 1. The molecule has 4 nitrogen and oxygen atoms in total. The SMILES string of the molecule is COC(=O)C1CN(C2CCC(C)CC2)CCC1=O. The summed E-state index contributed by atoms with van der Waals surface area (Å²) < 4.78 is 4.73. The van der Waals surface area contributed by atoms with E-state index in [1.54, 1.807) is 0 Å². The van der Waals surface area contributed by atoms with Crippen LogP contribution in [0.25, 0.3) is 0 Å². The van der Waals surface area contributed by atoms with Gasteiger partial charge in [-0.25, -0.2) is 0 Å². The van der Waals surface area contributed by atoms with E-state index >= 15 is 0 Å². The fraction of sp³-hybridized carbons (Fsp3) is 0.857. The van der Waals surface area contributed by atoms with Crippen molar-refractivity contribution in [1.29, 1.82) is 0 Å². The number of likely N-dealkylation sites (tertiary alicyclic amines) is 1. The zero-order valence-electron chi connectivity index (χ0n) is 11.4. The van der Waals surface area contributed by atoms with Gasteiger partial charge in [-0.1, -0.05) is 6.92 Å². The highest BCUT2D eigenvalue weighted by atomic mass is 16.5. The second-order valence-electron chi connectivity index (χ2n) is 5.70. The van der Waals surface area contributed by atoms with Crippen molar-refractivity contribution >= 4 is 11.8 Å². The number of methoxy groups -OCH3 is 1. The van der Waals surface area contributed by atoms with Crippen LogP contribution in [0, 0.1) is 11.8 Å². The monoisotopic (exact) mass is 253 g/mol. The molecule has 1 aliphatic heterocycles. The molecule has 0 spiro atoms. The van der Waals surface area contributed by atoms with Crippen molar-refractivity contribution in [1.82, 2.24) is 4.90 Å². The smallest absolute Gasteiger partial charge is 0.317 e. The Morgan fingerprint density at radius 1 is 1.28 bits per heavy atom. The van der Waals surface area contributed by atoms with Crippen molar-refractivity contribution < 1.29 is 14.3 Å². The third kappa shape index (κ3) is 2.91. The average molecular weight is 253 g/mol. The van der Waals surface area contributed by atoms with Crippen molar-refractivity contribution in [2.75, 3.05) is 20.2 Å². The molecule has 0 aromatic heterocycles. The maximum Gasteiger partial charge on any atom is 0.317 e. The maximum atomic E-state index is 11.7. The minimum Gasteiger partial charge on any atom is -0.468 e. The molecule has 18 heavy (non-hydrogen) atoms. The van der Waals surface area contributed by atoms with Crippen LogP contribution >= 0.6 is 0 Å². The van der Waals surface area contributed by atoms with Crippen molar-refractivity contribution in [2.24, 2.45) is 11.8 Å². The highest BCUT2D eigenvalue weighted by Crippen LogP contribution is 2.29. The van der Waals surface area contributed by atoms with Gasteiger partial charge in [-0.2, -0.15) is 0 Å². The highest BCUT2D eigenvalue weighted by molar-refractivity contribution is 5.99. The highest BCUT2D eigenvalue weighted by Gasteiger charge is 2.36. The van der Waals surface area contributed by atoms with E-state index in [9.17, 15) is 9.59 Å². The van der Waals surface area contributed by atoms with Gasteiger partial charge in [0.2, 0.25) is 0 Å². The van der Waals surface area contributed by atoms with Crippen LogP contribution in [0.4, 0.5) is 0 Å². The summed E-state index contributed by atoms with van der Waals surface area (Å²) in [5.74, 6) is -0.0525. The Labute approximate surface area is 109 Å². The molecule has 102 valence electrons. The summed E-state index contributed by atoms with van der Waals surface area (Å²) in [6.45, 7) is 3.67. The quantitative estimate of drug-likeness (QED) is 0.554. The van der Waals surface area contributed by atoms with E-state index in [1.807, 2.05) is 0 Å². The van der Waals surface area contributed by atoms with Crippen molar-refractivity contribution in [3.63, 3.8) is 0 Å². The first-order valence-corrected chi connectivity index (χ1v) is 6.96. The summed E-state index contributed by atoms with van der Waals surface area (Å²) in [5, 5.41) is 0. The largest absolute Gasteiger partial charge is 0.468 e. The number of Topliss-reactive ketones (excluding diaryl/α,β-unsaturated/α-hetero) is 1. The molecule has 0 radical (unpaired) electrons. The fourth-order valence-corrected chi connectivity index (χ4v) is 3.14. The third-order valence-corrected chi connectivity index (χ3v) is 4.44. The van der Waals surface area contributed by atoms with Gasteiger partial charge in [0.15, 0.2) is 0 Å². The van der Waals surface area contributed by atoms with Crippen molar-refractivity contribution in [3.8, 4) is 0 Å². The van der Waals surface area contributed by atoms with Gasteiger partial charge in [0.1, 0.15) is 11.7 Å². The molecular weight excluding hydrogens is 230 g/mol. The van der Waals surface area contributed by atoms with Crippen LogP contribution in [-0.4, -0.2) is 42.9 Å². The number of hydrogen-bond donors (Lipinski definition) is 0. The van der Waals surface area contributed by atoms with Gasteiger partial charge in [-0.15, -0.1) is 0 Å². The van der Waals surface area contributed by atoms with Gasteiger partial charge in [0.25, 0.3) is 0 Å². The van der Waals surface area contributed by atoms with Gasteiger partial charge in [0, 0.05) is 25.6 Å². The molecule has 1 saturated carbocycles. The Morgan fingerprint density at radius 3 is 2.56 bits per heavy atom. The minimum atomic E-state index is -0.553. The zero-order valence-corrected chi connectivity index (χ0v) is 11.4. The molecule has 0 amide bonds. The summed E-state index contributed by atoms with van der Waals surface area (Å²) in [7, 11) is 1.36. The maximum absolute atomic E-state index is 11.7. The predicted octanol–water partition coefficient (Wildman–Crippen LogP) is 1.63. The number of nitrogens with zero attached hydrogens (tertiary/aromatic N) is 1. The van der Waals surface area contributed by atoms with Crippen LogP contribution in [0.1, 0.15) is 39.0 Å². The average Bonchev–Trinajstić information content (AvgIpc) is 2.39. The van der Waals surface area contributed by atoms with Gasteiger partial charge in [-0.05, 0) is 31.6 Å². The molecule has 1 saturated heterocycles. The Bertz CT molecular complexity index is 313. The van der Waals surface area contributed by atoms with E-state index in [2.05, 4.69) is 11.8 Å². The second-order valence-corrected chi connectivity index (χ2v) is 5.70. The van der Waals surface area contributed by atoms with Gasteiger partial charge in [-0.3, -0.25) is 14.5 Å². The summed E-state index contributed by atoms with van der Waals surface area (Å²) in [5.41, 5.74) is 0. The van der Waals surface area contributed by atoms with Gasteiger partial charge in [0.05, 0.1) is 7.11 Å².